The average molecular weight is 349 g/mol. The van der Waals surface area contributed by atoms with Gasteiger partial charge in [0.25, 0.3) is 0 Å². The molecule has 2 rings (SSSR count). The van der Waals surface area contributed by atoms with Crippen LogP contribution in [0.15, 0.2) is 18.3 Å². The zero-order valence-corrected chi connectivity index (χ0v) is 14.0. The van der Waals surface area contributed by atoms with Gasteiger partial charge in [0.15, 0.2) is 0 Å². The highest BCUT2D eigenvalue weighted by molar-refractivity contribution is 5.94. The third-order valence-corrected chi connectivity index (χ3v) is 3.07. The second kappa shape index (κ2) is 9.61. The molecule has 124 valence electrons. The molecular weight excluding hydrogens is 327 g/mol. The number of nitrogens with two attached hydrogens (primary N) is 1. The van der Waals surface area contributed by atoms with Crippen LogP contribution in [0.2, 0.25) is 0 Å². The largest absolute Gasteiger partial charge is 0.328 e. The number of hydrogen-bond donors (Lipinski definition) is 3. The lowest BCUT2D eigenvalue weighted by Crippen LogP contribution is -2.19. The van der Waals surface area contributed by atoms with Crippen molar-refractivity contribution >= 4 is 48.1 Å². The zero-order chi connectivity index (χ0) is 14.5. The van der Waals surface area contributed by atoms with Gasteiger partial charge in [-0.2, -0.15) is 0 Å². The Hall–Kier alpha value is -1.37. The average Bonchev–Trinajstić information content (AvgIpc) is 3.23. The summed E-state index contributed by atoms with van der Waals surface area (Å²) in [6.45, 7) is 1.87. The summed E-state index contributed by atoms with van der Waals surface area (Å²) in [6.07, 6.45) is 4.48. The first-order valence-corrected chi connectivity index (χ1v) is 6.87. The number of rotatable bonds is 6. The van der Waals surface area contributed by atoms with E-state index in [0.29, 0.717) is 24.3 Å². The lowest BCUT2D eigenvalue weighted by Gasteiger charge is -2.08. The van der Waals surface area contributed by atoms with E-state index in [0.717, 1.165) is 12.8 Å². The van der Waals surface area contributed by atoms with E-state index in [1.807, 2.05) is 6.92 Å². The highest BCUT2D eigenvalue weighted by Gasteiger charge is 2.29. The molecule has 1 aliphatic carbocycles. The van der Waals surface area contributed by atoms with Crippen molar-refractivity contribution in [3.05, 3.63) is 18.3 Å². The molecule has 8 heteroatoms. The normalized spacial score (nSPS) is 14.1. The van der Waals surface area contributed by atoms with E-state index in [1.165, 1.54) is 6.20 Å². The Morgan fingerprint density at radius 2 is 2.00 bits per heavy atom. The van der Waals surface area contributed by atoms with Gasteiger partial charge in [-0.15, -0.1) is 24.8 Å². The SMILES string of the molecule is CC(N)CCC(=O)Nc1ccc(NC(=O)C2CC2)nc1.Cl.Cl. The number of nitrogens with one attached hydrogen (secondary N) is 2. The summed E-state index contributed by atoms with van der Waals surface area (Å²) in [5.74, 6) is 0.593. The van der Waals surface area contributed by atoms with Crippen LogP contribution in [0, 0.1) is 5.92 Å². The first-order valence-electron chi connectivity index (χ1n) is 6.87. The molecule has 1 aromatic rings. The molecule has 0 aliphatic heterocycles. The molecule has 1 heterocycles. The number of carbonyl (C=O) groups excluding carboxylic acids is 2. The number of nitrogens with zero attached hydrogens (tertiary/aromatic N) is 1. The van der Waals surface area contributed by atoms with Gasteiger partial charge in [-0.1, -0.05) is 0 Å². The molecule has 1 aromatic heterocycles. The summed E-state index contributed by atoms with van der Waals surface area (Å²) in [6, 6.07) is 3.42. The lowest BCUT2D eigenvalue weighted by atomic mass is 10.2. The van der Waals surface area contributed by atoms with Gasteiger partial charge in [-0.3, -0.25) is 9.59 Å². The molecule has 22 heavy (non-hydrogen) atoms. The zero-order valence-electron chi connectivity index (χ0n) is 12.4. The molecule has 0 saturated heterocycles. The minimum absolute atomic E-state index is 0. The van der Waals surface area contributed by atoms with Gasteiger partial charge in [0, 0.05) is 18.4 Å². The van der Waals surface area contributed by atoms with Crippen LogP contribution in [0.5, 0.6) is 0 Å². The maximum atomic E-state index is 11.6. The van der Waals surface area contributed by atoms with Gasteiger partial charge in [-0.05, 0) is 38.3 Å². The Morgan fingerprint density at radius 1 is 1.32 bits per heavy atom. The number of amides is 2. The fourth-order valence-electron chi connectivity index (χ4n) is 1.70. The fourth-order valence-corrected chi connectivity index (χ4v) is 1.70. The van der Waals surface area contributed by atoms with E-state index >= 15 is 0 Å². The van der Waals surface area contributed by atoms with Crippen molar-refractivity contribution in [2.75, 3.05) is 10.6 Å². The summed E-state index contributed by atoms with van der Waals surface area (Å²) in [5.41, 5.74) is 6.21. The van der Waals surface area contributed by atoms with Gasteiger partial charge in [0.1, 0.15) is 5.82 Å². The van der Waals surface area contributed by atoms with Crippen LogP contribution in [-0.4, -0.2) is 22.8 Å². The number of anilines is 2. The molecule has 6 nitrogen and oxygen atoms in total. The Balaban J connectivity index is 0.00000220. The Morgan fingerprint density at radius 3 is 2.50 bits per heavy atom. The first-order chi connectivity index (χ1) is 9.54. The Bertz CT molecular complexity index is 490. The van der Waals surface area contributed by atoms with Crippen LogP contribution in [0.4, 0.5) is 11.5 Å². The molecule has 1 unspecified atom stereocenters. The first kappa shape index (κ1) is 20.6. The standard InChI is InChI=1S/C14H20N4O2.2ClH/c1-9(15)2-7-13(19)17-11-5-6-12(16-8-11)18-14(20)10-3-4-10;;/h5-6,8-10H,2-4,7,15H2,1H3,(H,17,19)(H,16,18,20);2*1H. The third-order valence-electron chi connectivity index (χ3n) is 3.07. The number of carbonyl (C=O) groups is 2. The van der Waals surface area contributed by atoms with Crippen LogP contribution in [0.3, 0.4) is 0 Å². The number of aromatic nitrogens is 1. The van der Waals surface area contributed by atoms with E-state index in [9.17, 15) is 9.59 Å². The third kappa shape index (κ3) is 7.06. The monoisotopic (exact) mass is 348 g/mol. The summed E-state index contributed by atoms with van der Waals surface area (Å²) < 4.78 is 0. The minimum atomic E-state index is -0.0844. The molecule has 1 aliphatic rings. The van der Waals surface area contributed by atoms with Crippen molar-refractivity contribution in [3.8, 4) is 0 Å². The Labute approximate surface area is 142 Å². The van der Waals surface area contributed by atoms with Gasteiger partial charge in [0.05, 0.1) is 11.9 Å². The van der Waals surface area contributed by atoms with Crippen LogP contribution >= 0.6 is 24.8 Å². The minimum Gasteiger partial charge on any atom is -0.328 e. The Kier molecular flexibility index (Phi) is 9.01. The van der Waals surface area contributed by atoms with Crippen molar-refractivity contribution in [1.82, 2.24) is 4.98 Å². The number of hydrogen-bond acceptors (Lipinski definition) is 4. The second-order valence-electron chi connectivity index (χ2n) is 5.26. The predicted octanol–water partition coefficient (Wildman–Crippen LogP) is 2.34. The molecular formula is C14H22Cl2N4O2. The quantitative estimate of drug-likeness (QED) is 0.734. The number of pyridine rings is 1. The summed E-state index contributed by atoms with van der Waals surface area (Å²) in [5, 5.41) is 5.49. The van der Waals surface area contributed by atoms with Crippen LogP contribution in [0.1, 0.15) is 32.6 Å². The lowest BCUT2D eigenvalue weighted by molar-refractivity contribution is -0.117. The van der Waals surface area contributed by atoms with E-state index in [2.05, 4.69) is 15.6 Å². The molecule has 0 radical (unpaired) electrons. The fraction of sp³-hybridized carbons (Fsp3) is 0.500. The number of halogens is 2. The predicted molar refractivity (Wildman–Crippen MR) is 91.6 cm³/mol. The molecule has 1 fully saturated rings. The molecule has 1 atom stereocenters. The van der Waals surface area contributed by atoms with Crippen molar-refractivity contribution in [2.45, 2.75) is 38.6 Å². The van der Waals surface area contributed by atoms with Gasteiger partial charge in [0.2, 0.25) is 11.8 Å². The smallest absolute Gasteiger partial charge is 0.228 e. The summed E-state index contributed by atoms with van der Waals surface area (Å²) >= 11 is 0. The van der Waals surface area contributed by atoms with E-state index in [-0.39, 0.29) is 48.6 Å². The van der Waals surface area contributed by atoms with Crippen LogP contribution in [-0.2, 0) is 9.59 Å². The molecule has 0 spiro atoms. The van der Waals surface area contributed by atoms with Crippen molar-refractivity contribution < 1.29 is 9.59 Å². The molecule has 4 N–H and O–H groups in total. The molecule has 0 bridgehead atoms. The van der Waals surface area contributed by atoms with Gasteiger partial charge >= 0.3 is 0 Å². The van der Waals surface area contributed by atoms with Crippen molar-refractivity contribution in [1.29, 1.82) is 0 Å². The maximum Gasteiger partial charge on any atom is 0.228 e. The summed E-state index contributed by atoms with van der Waals surface area (Å²) in [7, 11) is 0. The van der Waals surface area contributed by atoms with E-state index in [1.54, 1.807) is 12.1 Å². The van der Waals surface area contributed by atoms with E-state index in [4.69, 9.17) is 5.73 Å². The van der Waals surface area contributed by atoms with Crippen molar-refractivity contribution in [3.63, 3.8) is 0 Å². The highest BCUT2D eigenvalue weighted by Crippen LogP contribution is 2.29. The molecule has 0 aromatic carbocycles. The maximum absolute atomic E-state index is 11.6. The van der Waals surface area contributed by atoms with Crippen LogP contribution < -0.4 is 16.4 Å². The topological polar surface area (TPSA) is 97.1 Å². The van der Waals surface area contributed by atoms with E-state index < -0.39 is 0 Å². The van der Waals surface area contributed by atoms with Crippen LogP contribution in [0.25, 0.3) is 0 Å². The van der Waals surface area contributed by atoms with Gasteiger partial charge in [-0.25, -0.2) is 4.98 Å². The summed E-state index contributed by atoms with van der Waals surface area (Å²) in [4.78, 5) is 27.3. The highest BCUT2D eigenvalue weighted by atomic mass is 35.5. The molecule has 2 amide bonds. The van der Waals surface area contributed by atoms with Crippen molar-refractivity contribution in [2.24, 2.45) is 11.7 Å². The van der Waals surface area contributed by atoms with Gasteiger partial charge < -0.3 is 16.4 Å². The molecule has 1 saturated carbocycles. The second-order valence-corrected chi connectivity index (χ2v) is 5.26.